The van der Waals surface area contributed by atoms with Gasteiger partial charge >= 0.3 is 0 Å². The van der Waals surface area contributed by atoms with E-state index in [9.17, 15) is 0 Å². The number of rotatable bonds is 3. The van der Waals surface area contributed by atoms with Gasteiger partial charge in [0.1, 0.15) is 5.82 Å². The molecule has 0 aliphatic heterocycles. The summed E-state index contributed by atoms with van der Waals surface area (Å²) in [5, 5.41) is 0.554. The number of hydrogen-bond acceptors (Lipinski definition) is 1. The maximum atomic E-state index is 6.52. The highest BCUT2D eigenvalue weighted by atomic mass is 35.5. The van der Waals surface area contributed by atoms with Crippen LogP contribution in [-0.4, -0.2) is 9.55 Å². The van der Waals surface area contributed by atoms with E-state index in [0.29, 0.717) is 5.15 Å². The third kappa shape index (κ3) is 3.04. The second kappa shape index (κ2) is 6.21. The van der Waals surface area contributed by atoms with Crippen molar-refractivity contribution < 1.29 is 0 Å². The number of halogens is 1. The first-order valence-electron chi connectivity index (χ1n) is 7.89. The molecule has 3 heteroatoms. The molecule has 0 fully saturated rings. The third-order valence-corrected chi connectivity index (χ3v) is 4.28. The van der Waals surface area contributed by atoms with Crippen LogP contribution in [0.25, 0.3) is 22.6 Å². The summed E-state index contributed by atoms with van der Waals surface area (Å²) in [6.45, 7) is 8.49. The van der Waals surface area contributed by atoms with Crippen LogP contribution in [-0.2, 0) is 0 Å². The van der Waals surface area contributed by atoms with Gasteiger partial charge in [-0.25, -0.2) is 4.98 Å². The molecule has 0 N–H and O–H groups in total. The van der Waals surface area contributed by atoms with Crippen LogP contribution < -0.4 is 0 Å². The Morgan fingerprint density at radius 2 is 1.30 bits per heavy atom. The van der Waals surface area contributed by atoms with Crippen LogP contribution in [0.15, 0.2) is 48.5 Å². The minimum atomic E-state index is 0.266. The lowest BCUT2D eigenvalue weighted by atomic mass is 10.1. The van der Waals surface area contributed by atoms with Gasteiger partial charge in [0.25, 0.3) is 0 Å². The highest BCUT2D eigenvalue weighted by Gasteiger charge is 2.20. The molecule has 23 heavy (non-hydrogen) atoms. The Bertz CT molecular complexity index is 812. The summed E-state index contributed by atoms with van der Waals surface area (Å²) in [6.07, 6.45) is 0. The van der Waals surface area contributed by atoms with Crippen LogP contribution in [0.2, 0.25) is 5.15 Å². The van der Waals surface area contributed by atoms with Gasteiger partial charge in [0, 0.05) is 17.2 Å². The molecule has 0 saturated heterocycles. The van der Waals surface area contributed by atoms with E-state index >= 15 is 0 Å². The van der Waals surface area contributed by atoms with Crippen LogP contribution in [0.3, 0.4) is 0 Å². The van der Waals surface area contributed by atoms with Gasteiger partial charge in [0.2, 0.25) is 0 Å². The first kappa shape index (κ1) is 15.8. The molecular weight excluding hydrogens is 304 g/mol. The van der Waals surface area contributed by atoms with Crippen molar-refractivity contribution in [1.82, 2.24) is 9.55 Å². The first-order chi connectivity index (χ1) is 11.0. The van der Waals surface area contributed by atoms with Crippen molar-refractivity contribution in [3.05, 3.63) is 64.8 Å². The summed E-state index contributed by atoms with van der Waals surface area (Å²) < 4.78 is 2.22. The van der Waals surface area contributed by atoms with Gasteiger partial charge < -0.3 is 4.57 Å². The summed E-state index contributed by atoms with van der Waals surface area (Å²) in [4.78, 5) is 4.66. The molecule has 1 heterocycles. The molecule has 2 aromatic carbocycles. The molecule has 1 aromatic heterocycles. The largest absolute Gasteiger partial charge is 0.320 e. The van der Waals surface area contributed by atoms with E-state index in [-0.39, 0.29) is 6.04 Å². The van der Waals surface area contributed by atoms with Gasteiger partial charge in [-0.15, -0.1) is 0 Å². The Kier molecular flexibility index (Phi) is 4.27. The van der Waals surface area contributed by atoms with E-state index in [0.717, 1.165) is 22.6 Å². The minimum absolute atomic E-state index is 0.266. The second-order valence-electron chi connectivity index (χ2n) is 6.27. The monoisotopic (exact) mass is 324 g/mol. The van der Waals surface area contributed by atoms with Gasteiger partial charge in [-0.1, -0.05) is 71.3 Å². The van der Waals surface area contributed by atoms with Crippen LogP contribution in [0.4, 0.5) is 0 Å². The van der Waals surface area contributed by atoms with E-state index < -0.39 is 0 Å². The number of imidazole rings is 1. The normalized spacial score (nSPS) is 11.2. The van der Waals surface area contributed by atoms with Crippen LogP contribution in [0.1, 0.15) is 31.0 Å². The summed E-state index contributed by atoms with van der Waals surface area (Å²) in [7, 11) is 0. The van der Waals surface area contributed by atoms with Gasteiger partial charge in [-0.05, 0) is 27.7 Å². The molecule has 0 radical (unpaired) electrons. The molecule has 3 rings (SSSR count). The van der Waals surface area contributed by atoms with E-state index in [1.54, 1.807) is 0 Å². The zero-order valence-corrected chi connectivity index (χ0v) is 14.7. The Balaban J connectivity index is 2.21. The van der Waals surface area contributed by atoms with E-state index in [2.05, 4.69) is 85.8 Å². The lowest BCUT2D eigenvalue weighted by Gasteiger charge is -2.16. The van der Waals surface area contributed by atoms with Crippen LogP contribution >= 0.6 is 11.6 Å². The Labute approximate surface area is 142 Å². The lowest BCUT2D eigenvalue weighted by Crippen LogP contribution is -2.05. The zero-order chi connectivity index (χ0) is 16.6. The summed E-state index contributed by atoms with van der Waals surface area (Å²) in [5.74, 6) is 0.917. The molecule has 0 spiro atoms. The minimum Gasteiger partial charge on any atom is -0.320 e. The van der Waals surface area contributed by atoms with E-state index in [1.165, 1.54) is 11.1 Å². The average molecular weight is 325 g/mol. The molecule has 0 saturated carbocycles. The fourth-order valence-electron chi connectivity index (χ4n) is 2.78. The molecule has 0 aliphatic rings. The highest BCUT2D eigenvalue weighted by molar-refractivity contribution is 6.32. The fourth-order valence-corrected chi connectivity index (χ4v) is 3.06. The Morgan fingerprint density at radius 3 is 1.78 bits per heavy atom. The number of hydrogen-bond donors (Lipinski definition) is 0. The molecule has 0 aliphatic carbocycles. The van der Waals surface area contributed by atoms with Crippen molar-refractivity contribution in [2.45, 2.75) is 33.7 Å². The number of nitrogens with zero attached hydrogens (tertiary/aromatic N) is 2. The molecule has 0 amide bonds. The smallest absolute Gasteiger partial charge is 0.155 e. The van der Waals surface area contributed by atoms with Crippen LogP contribution in [0, 0.1) is 13.8 Å². The standard InChI is InChI=1S/C20H21ClN2/c1-13(2)23-18(16-9-5-14(3)6-10-16)19(21)22-20(23)17-11-7-15(4)8-12-17/h5-13H,1-4H3. The van der Waals surface area contributed by atoms with Gasteiger partial charge in [-0.2, -0.15) is 0 Å². The SMILES string of the molecule is Cc1ccc(-c2nc(Cl)c(-c3ccc(C)cc3)n2C(C)C)cc1. The maximum absolute atomic E-state index is 6.52. The van der Waals surface area contributed by atoms with Gasteiger partial charge in [0.15, 0.2) is 5.15 Å². The Morgan fingerprint density at radius 1 is 0.826 bits per heavy atom. The van der Waals surface area contributed by atoms with Crippen molar-refractivity contribution in [2.24, 2.45) is 0 Å². The number of aryl methyl sites for hydroxylation is 2. The van der Waals surface area contributed by atoms with Gasteiger partial charge in [0.05, 0.1) is 5.69 Å². The van der Waals surface area contributed by atoms with Crippen LogP contribution in [0.5, 0.6) is 0 Å². The predicted molar refractivity (Wildman–Crippen MR) is 98.0 cm³/mol. The highest BCUT2D eigenvalue weighted by Crippen LogP contribution is 2.35. The van der Waals surface area contributed by atoms with E-state index in [4.69, 9.17) is 11.6 Å². The number of aromatic nitrogens is 2. The van der Waals surface area contributed by atoms with Crippen molar-refractivity contribution in [2.75, 3.05) is 0 Å². The fraction of sp³-hybridized carbons (Fsp3) is 0.250. The topological polar surface area (TPSA) is 17.8 Å². The second-order valence-corrected chi connectivity index (χ2v) is 6.63. The van der Waals surface area contributed by atoms with Gasteiger partial charge in [-0.3, -0.25) is 0 Å². The molecule has 118 valence electrons. The van der Waals surface area contributed by atoms with Crippen molar-refractivity contribution in [3.63, 3.8) is 0 Å². The molecule has 0 atom stereocenters. The molecule has 0 unspecified atom stereocenters. The zero-order valence-electron chi connectivity index (χ0n) is 14.0. The Hall–Kier alpha value is -2.06. The first-order valence-corrected chi connectivity index (χ1v) is 8.27. The maximum Gasteiger partial charge on any atom is 0.155 e. The lowest BCUT2D eigenvalue weighted by molar-refractivity contribution is 0.612. The van der Waals surface area contributed by atoms with Crippen molar-refractivity contribution in [3.8, 4) is 22.6 Å². The molecular formula is C20H21ClN2. The summed E-state index contributed by atoms with van der Waals surface area (Å²) in [5.41, 5.74) is 5.64. The average Bonchev–Trinajstić information content (AvgIpc) is 2.86. The van der Waals surface area contributed by atoms with E-state index in [1.807, 2.05) is 0 Å². The molecule has 3 aromatic rings. The molecule has 2 nitrogen and oxygen atoms in total. The van der Waals surface area contributed by atoms with Crippen molar-refractivity contribution >= 4 is 11.6 Å². The number of benzene rings is 2. The summed E-state index contributed by atoms with van der Waals surface area (Å²) in [6, 6.07) is 17.1. The quantitative estimate of drug-likeness (QED) is 0.572. The molecule has 0 bridgehead atoms. The van der Waals surface area contributed by atoms with Crippen molar-refractivity contribution in [1.29, 1.82) is 0 Å². The predicted octanol–water partition coefficient (Wildman–Crippen LogP) is 6.07. The third-order valence-electron chi connectivity index (χ3n) is 4.02. The summed E-state index contributed by atoms with van der Waals surface area (Å²) >= 11 is 6.52.